The Morgan fingerprint density at radius 2 is 1.82 bits per heavy atom. The van der Waals surface area contributed by atoms with Crippen LogP contribution in [0.2, 0.25) is 5.02 Å². The number of sulfonamides is 1. The summed E-state index contributed by atoms with van der Waals surface area (Å²) in [7, 11) is -5.46. The molecule has 0 radical (unpaired) electrons. The van der Waals surface area contributed by atoms with Crippen LogP contribution in [-0.2, 0) is 20.8 Å². The van der Waals surface area contributed by atoms with E-state index in [0.29, 0.717) is 17.7 Å². The van der Waals surface area contributed by atoms with Gasteiger partial charge in [-0.05, 0) is 55.7 Å². The van der Waals surface area contributed by atoms with E-state index < -0.39 is 38.9 Å². The molecule has 2 unspecified atom stereocenters. The van der Waals surface area contributed by atoms with Gasteiger partial charge in [-0.15, -0.1) is 0 Å². The Kier molecular flexibility index (Phi) is 7.99. The minimum Gasteiger partial charge on any atom is -0.344 e. The zero-order chi connectivity index (χ0) is 25.3. The van der Waals surface area contributed by atoms with E-state index in [-0.39, 0.29) is 39.4 Å². The van der Waals surface area contributed by atoms with Crippen LogP contribution in [-0.4, -0.2) is 47.4 Å². The van der Waals surface area contributed by atoms with Crippen LogP contribution in [0, 0.1) is 5.41 Å². The molecular weight excluding hydrogens is 511 g/mol. The molecule has 1 heterocycles. The fraction of sp³-hybridized carbons (Fsp3) is 0.409. The van der Waals surface area contributed by atoms with Gasteiger partial charge in [-0.2, -0.15) is 13.2 Å². The summed E-state index contributed by atoms with van der Waals surface area (Å²) in [6, 6.07) is 7.86. The molecule has 2 atom stereocenters. The Labute approximate surface area is 204 Å². The maximum Gasteiger partial charge on any atom is 0.408 e. The van der Waals surface area contributed by atoms with Gasteiger partial charge in [0, 0.05) is 16.7 Å². The average molecular weight is 536 g/mol. The van der Waals surface area contributed by atoms with E-state index in [1.54, 1.807) is 13.8 Å². The molecule has 0 saturated carbocycles. The summed E-state index contributed by atoms with van der Waals surface area (Å²) in [5, 5.41) is 8.33. The molecule has 12 heteroatoms. The minimum absolute atomic E-state index is 0.00881. The zero-order valence-electron chi connectivity index (χ0n) is 18.5. The Hall–Kier alpha value is -2.11. The minimum atomic E-state index is -4.54. The first-order chi connectivity index (χ1) is 15.8. The fourth-order valence-electron chi connectivity index (χ4n) is 3.76. The van der Waals surface area contributed by atoms with Gasteiger partial charge in [-0.25, -0.2) is 8.42 Å². The number of piperidine rings is 1. The van der Waals surface area contributed by atoms with Crippen molar-refractivity contribution in [2.75, 3.05) is 11.3 Å². The summed E-state index contributed by atoms with van der Waals surface area (Å²) < 4.78 is 81.4. The van der Waals surface area contributed by atoms with Crippen molar-refractivity contribution in [3.8, 4) is 0 Å². The molecule has 2 aromatic rings. The molecule has 186 valence electrons. The molecule has 1 aliphatic heterocycles. The third-order valence-corrected chi connectivity index (χ3v) is 8.75. The third-order valence-electron chi connectivity index (χ3n) is 5.46. The Morgan fingerprint density at radius 3 is 2.41 bits per heavy atom. The van der Waals surface area contributed by atoms with E-state index in [1.165, 1.54) is 42.5 Å². The predicted octanol–water partition coefficient (Wildman–Crippen LogP) is 5.40. The monoisotopic (exact) mass is 535 g/mol. The summed E-state index contributed by atoms with van der Waals surface area (Å²) in [6.07, 6.45) is -3.83. The van der Waals surface area contributed by atoms with Gasteiger partial charge in [-0.3, -0.25) is 14.3 Å². The molecule has 1 saturated heterocycles. The highest BCUT2D eigenvalue weighted by molar-refractivity contribution is 7.92. The quantitative estimate of drug-likeness (QED) is 0.383. The van der Waals surface area contributed by atoms with E-state index in [1.807, 2.05) is 0 Å². The second-order valence-corrected chi connectivity index (χ2v) is 12.3. The predicted molar refractivity (Wildman–Crippen MR) is 127 cm³/mol. The number of rotatable bonds is 6. The SMILES string of the molecule is CC(C)S(=O)c1ccc(S(=O)(=O)Nc2cccc(Cl)c2C(=N)N2CCCCC2C(F)(F)F)cc1. The highest BCUT2D eigenvalue weighted by Gasteiger charge is 2.46. The number of halogens is 4. The Balaban J connectivity index is 1.94. The first kappa shape index (κ1) is 26.5. The third kappa shape index (κ3) is 5.75. The summed E-state index contributed by atoms with van der Waals surface area (Å²) in [5.74, 6) is -0.493. The highest BCUT2D eigenvalue weighted by atomic mass is 35.5. The molecule has 34 heavy (non-hydrogen) atoms. The molecule has 0 aliphatic carbocycles. The average Bonchev–Trinajstić information content (AvgIpc) is 2.77. The van der Waals surface area contributed by atoms with E-state index in [2.05, 4.69) is 4.72 Å². The summed E-state index contributed by atoms with van der Waals surface area (Å²) in [4.78, 5) is 1.28. The number of amidine groups is 1. The summed E-state index contributed by atoms with van der Waals surface area (Å²) in [5.41, 5.74) is -0.222. The Bertz CT molecular complexity index is 1190. The second-order valence-electron chi connectivity index (χ2n) is 8.18. The number of hydrogen-bond donors (Lipinski definition) is 2. The first-order valence-electron chi connectivity index (χ1n) is 10.6. The number of nitrogens with zero attached hydrogens (tertiary/aromatic N) is 1. The normalized spacial score (nSPS) is 18.1. The number of alkyl halides is 3. The molecule has 1 aliphatic rings. The van der Waals surface area contributed by atoms with Crippen LogP contribution in [0.15, 0.2) is 52.3 Å². The molecule has 3 rings (SSSR count). The smallest absolute Gasteiger partial charge is 0.344 e. The van der Waals surface area contributed by atoms with Crippen LogP contribution in [0.3, 0.4) is 0 Å². The molecule has 0 aromatic heterocycles. The lowest BCUT2D eigenvalue weighted by Gasteiger charge is -2.39. The van der Waals surface area contributed by atoms with Crippen molar-refractivity contribution in [2.45, 2.75) is 60.4 Å². The number of nitrogens with one attached hydrogen (secondary N) is 2. The zero-order valence-corrected chi connectivity index (χ0v) is 20.9. The lowest BCUT2D eigenvalue weighted by molar-refractivity contribution is -0.179. The van der Waals surface area contributed by atoms with Crippen molar-refractivity contribution in [1.29, 1.82) is 5.41 Å². The van der Waals surface area contributed by atoms with Crippen LogP contribution >= 0.6 is 11.6 Å². The van der Waals surface area contributed by atoms with Gasteiger partial charge in [0.25, 0.3) is 10.0 Å². The Morgan fingerprint density at radius 1 is 1.18 bits per heavy atom. The van der Waals surface area contributed by atoms with E-state index in [4.69, 9.17) is 17.0 Å². The van der Waals surface area contributed by atoms with E-state index in [0.717, 1.165) is 4.90 Å². The van der Waals surface area contributed by atoms with Crippen LogP contribution in [0.1, 0.15) is 38.7 Å². The van der Waals surface area contributed by atoms with Crippen LogP contribution in [0.5, 0.6) is 0 Å². The fourth-order valence-corrected chi connectivity index (χ4v) is 6.05. The van der Waals surface area contributed by atoms with Gasteiger partial charge >= 0.3 is 6.18 Å². The molecular formula is C22H25ClF3N3O3S2. The van der Waals surface area contributed by atoms with Gasteiger partial charge in [0.1, 0.15) is 11.9 Å². The summed E-state index contributed by atoms with van der Waals surface area (Å²) in [6.45, 7) is 3.57. The molecule has 0 bridgehead atoms. The van der Waals surface area contributed by atoms with Crippen LogP contribution in [0.4, 0.5) is 18.9 Å². The maximum absolute atomic E-state index is 13.6. The molecule has 0 amide bonds. The van der Waals surface area contributed by atoms with Crippen molar-refractivity contribution in [2.24, 2.45) is 0 Å². The van der Waals surface area contributed by atoms with Crippen molar-refractivity contribution in [1.82, 2.24) is 4.90 Å². The topological polar surface area (TPSA) is 90.3 Å². The molecule has 6 nitrogen and oxygen atoms in total. The second kappa shape index (κ2) is 10.2. The van der Waals surface area contributed by atoms with Crippen LogP contribution in [0.25, 0.3) is 0 Å². The number of likely N-dealkylation sites (tertiary alicyclic amines) is 1. The first-order valence-corrected chi connectivity index (χ1v) is 13.6. The van der Waals surface area contributed by atoms with E-state index >= 15 is 0 Å². The van der Waals surface area contributed by atoms with Gasteiger partial charge in [0.15, 0.2) is 0 Å². The van der Waals surface area contributed by atoms with Gasteiger partial charge in [0.05, 0.1) is 32.0 Å². The van der Waals surface area contributed by atoms with Crippen molar-refractivity contribution in [3.63, 3.8) is 0 Å². The van der Waals surface area contributed by atoms with E-state index in [9.17, 15) is 25.8 Å². The number of hydrogen-bond acceptors (Lipinski definition) is 4. The highest BCUT2D eigenvalue weighted by Crippen LogP contribution is 2.35. The van der Waals surface area contributed by atoms with Crippen molar-refractivity contribution in [3.05, 3.63) is 53.1 Å². The lowest BCUT2D eigenvalue weighted by Crippen LogP contribution is -2.51. The van der Waals surface area contributed by atoms with Gasteiger partial charge in [-0.1, -0.05) is 31.5 Å². The van der Waals surface area contributed by atoms with Crippen molar-refractivity contribution < 1.29 is 25.8 Å². The van der Waals surface area contributed by atoms with Gasteiger partial charge in [0.2, 0.25) is 0 Å². The molecule has 0 spiro atoms. The molecule has 1 fully saturated rings. The standard InChI is InChI=1S/C22H25ClF3N3O3S2/c1-14(2)33(30)15-9-11-16(12-10-15)34(31,32)28-18-7-5-6-17(23)20(18)21(27)29-13-4-3-8-19(29)22(24,25)26/h5-7,9-12,14,19,27-28H,3-4,8,13H2,1-2H3. The maximum atomic E-state index is 13.6. The van der Waals surface area contributed by atoms with Crippen LogP contribution < -0.4 is 4.72 Å². The number of benzene rings is 2. The number of anilines is 1. The molecule has 2 N–H and O–H groups in total. The largest absolute Gasteiger partial charge is 0.408 e. The van der Waals surface area contributed by atoms with Gasteiger partial charge < -0.3 is 4.90 Å². The van der Waals surface area contributed by atoms with Crippen molar-refractivity contribution >= 4 is 43.9 Å². The lowest BCUT2D eigenvalue weighted by atomic mass is 9.99. The summed E-state index contributed by atoms with van der Waals surface area (Å²) >= 11 is 6.25. The molecule has 2 aromatic carbocycles.